The average molecular weight is 535 g/mol. The third-order valence-electron chi connectivity index (χ3n) is 5.40. The number of aromatic nitrogens is 3. The number of sulfonamides is 1. The predicted octanol–water partition coefficient (Wildman–Crippen LogP) is 4.38. The van der Waals surface area contributed by atoms with Crippen molar-refractivity contribution in [2.75, 3.05) is 6.61 Å². The Balaban J connectivity index is 1.55. The zero-order chi connectivity index (χ0) is 27.2. The van der Waals surface area contributed by atoms with Crippen molar-refractivity contribution < 1.29 is 22.7 Å². The lowest BCUT2D eigenvalue weighted by atomic mass is 10.2. The van der Waals surface area contributed by atoms with Crippen molar-refractivity contribution in [3.05, 3.63) is 103 Å². The second-order valence-electron chi connectivity index (χ2n) is 9.62. The molecule has 0 unspecified atom stereocenters. The van der Waals surface area contributed by atoms with E-state index in [9.17, 15) is 13.2 Å². The fraction of sp³-hybridized carbons (Fsp3) is 0.250. The summed E-state index contributed by atoms with van der Waals surface area (Å²) in [6.07, 6.45) is 8.11. The lowest BCUT2D eigenvalue weighted by Crippen LogP contribution is -2.30. The van der Waals surface area contributed by atoms with Crippen LogP contribution in [0.15, 0.2) is 96.7 Å². The molecule has 0 N–H and O–H groups in total. The van der Waals surface area contributed by atoms with Crippen molar-refractivity contribution in [1.29, 1.82) is 0 Å². The molecule has 0 saturated heterocycles. The molecule has 4 rings (SSSR count). The number of esters is 1. The standard InChI is InChI=1S/C28H30N4O5S/c1-28(2,3)37-27(33)20-36-25-7-4-6-23(16-25)19-32(38(34,35)26-8-5-13-29-17-26)18-22-9-11-24(12-10-22)31-15-14-30-21-31/h4-17,21H,18-20H2,1-3H3. The normalized spacial score (nSPS) is 11.9. The molecule has 0 bridgehead atoms. The summed E-state index contributed by atoms with van der Waals surface area (Å²) in [5.41, 5.74) is 1.83. The van der Waals surface area contributed by atoms with Gasteiger partial charge in [0.05, 0.1) is 6.33 Å². The van der Waals surface area contributed by atoms with E-state index in [4.69, 9.17) is 9.47 Å². The van der Waals surface area contributed by atoms with Crippen LogP contribution in [0.4, 0.5) is 0 Å². The molecule has 0 fully saturated rings. The van der Waals surface area contributed by atoms with Gasteiger partial charge in [-0.3, -0.25) is 4.98 Å². The topological polar surface area (TPSA) is 104 Å². The van der Waals surface area contributed by atoms with Gasteiger partial charge in [0.2, 0.25) is 10.0 Å². The van der Waals surface area contributed by atoms with Gasteiger partial charge in [0.25, 0.3) is 0 Å². The predicted molar refractivity (Wildman–Crippen MR) is 142 cm³/mol. The fourth-order valence-electron chi connectivity index (χ4n) is 3.71. The number of pyridine rings is 1. The number of rotatable bonds is 10. The van der Waals surface area contributed by atoms with Crippen LogP contribution in [-0.4, -0.2) is 45.4 Å². The summed E-state index contributed by atoms with van der Waals surface area (Å²) < 4.78 is 41.4. The first-order chi connectivity index (χ1) is 18.1. The highest BCUT2D eigenvalue weighted by Gasteiger charge is 2.25. The zero-order valence-corrected chi connectivity index (χ0v) is 22.3. The Morgan fingerprint density at radius 3 is 2.37 bits per heavy atom. The van der Waals surface area contributed by atoms with Gasteiger partial charge in [-0.15, -0.1) is 0 Å². The smallest absolute Gasteiger partial charge is 0.344 e. The van der Waals surface area contributed by atoms with Crippen LogP contribution >= 0.6 is 0 Å². The van der Waals surface area contributed by atoms with Crippen molar-refractivity contribution >= 4 is 16.0 Å². The highest BCUT2D eigenvalue weighted by atomic mass is 32.2. The van der Waals surface area contributed by atoms with E-state index in [1.807, 2.05) is 41.1 Å². The van der Waals surface area contributed by atoms with Gasteiger partial charge in [-0.1, -0.05) is 24.3 Å². The van der Waals surface area contributed by atoms with Crippen LogP contribution in [0.25, 0.3) is 5.69 Å². The molecule has 198 valence electrons. The fourth-order valence-corrected chi connectivity index (χ4v) is 5.09. The minimum atomic E-state index is -3.87. The second kappa shape index (κ2) is 11.6. The van der Waals surface area contributed by atoms with E-state index in [0.717, 1.165) is 11.3 Å². The Morgan fingerprint density at radius 1 is 0.947 bits per heavy atom. The Bertz CT molecular complexity index is 1450. The molecule has 0 spiro atoms. The van der Waals surface area contributed by atoms with E-state index >= 15 is 0 Å². The molecular weight excluding hydrogens is 504 g/mol. The summed E-state index contributed by atoms with van der Waals surface area (Å²) in [7, 11) is -3.87. The molecule has 2 aromatic heterocycles. The molecule has 0 radical (unpaired) electrons. The number of carbonyl (C=O) groups excluding carboxylic acids is 1. The molecule has 2 heterocycles. The minimum absolute atomic E-state index is 0.0874. The molecule has 0 aliphatic rings. The molecule has 0 aliphatic carbocycles. The Morgan fingerprint density at radius 2 is 1.71 bits per heavy atom. The Hall–Kier alpha value is -4.02. The van der Waals surface area contributed by atoms with Crippen LogP contribution in [0.5, 0.6) is 5.75 Å². The van der Waals surface area contributed by atoms with Crippen LogP contribution in [0.2, 0.25) is 0 Å². The SMILES string of the molecule is CC(C)(C)OC(=O)COc1cccc(CN(Cc2ccc(-n3ccnc3)cc2)S(=O)(=O)c2cccnc2)c1. The van der Waals surface area contributed by atoms with E-state index in [1.54, 1.807) is 57.6 Å². The van der Waals surface area contributed by atoms with E-state index < -0.39 is 21.6 Å². The van der Waals surface area contributed by atoms with E-state index in [2.05, 4.69) is 9.97 Å². The first kappa shape index (κ1) is 27.0. The van der Waals surface area contributed by atoms with Crippen LogP contribution in [0.3, 0.4) is 0 Å². The van der Waals surface area contributed by atoms with Gasteiger partial charge in [-0.25, -0.2) is 18.2 Å². The summed E-state index contributed by atoms with van der Waals surface area (Å²) in [5.74, 6) is -0.0420. The van der Waals surface area contributed by atoms with Gasteiger partial charge >= 0.3 is 5.97 Å². The molecule has 38 heavy (non-hydrogen) atoms. The molecule has 0 amide bonds. The van der Waals surface area contributed by atoms with Crippen LogP contribution in [0.1, 0.15) is 31.9 Å². The number of hydrogen-bond donors (Lipinski definition) is 0. The maximum Gasteiger partial charge on any atom is 0.344 e. The van der Waals surface area contributed by atoms with Crippen molar-refractivity contribution in [3.8, 4) is 11.4 Å². The number of carbonyl (C=O) groups is 1. The summed E-state index contributed by atoms with van der Waals surface area (Å²) >= 11 is 0. The molecule has 2 aromatic carbocycles. The van der Waals surface area contributed by atoms with Crippen LogP contribution in [-0.2, 0) is 32.6 Å². The number of hydrogen-bond acceptors (Lipinski definition) is 7. The van der Waals surface area contributed by atoms with Crippen molar-refractivity contribution in [3.63, 3.8) is 0 Å². The number of imidazole rings is 1. The second-order valence-corrected chi connectivity index (χ2v) is 11.6. The summed E-state index contributed by atoms with van der Waals surface area (Å²) in [4.78, 5) is 20.2. The van der Waals surface area contributed by atoms with Gasteiger partial charge in [-0.05, 0) is 68.3 Å². The van der Waals surface area contributed by atoms with Crippen molar-refractivity contribution in [1.82, 2.24) is 18.8 Å². The maximum absolute atomic E-state index is 13.6. The summed E-state index contributed by atoms with van der Waals surface area (Å²) in [6, 6.07) is 17.7. The van der Waals surface area contributed by atoms with Gasteiger partial charge < -0.3 is 14.0 Å². The summed E-state index contributed by atoms with van der Waals surface area (Å²) in [6.45, 7) is 5.34. The van der Waals surface area contributed by atoms with Crippen molar-refractivity contribution in [2.45, 2.75) is 44.4 Å². The first-order valence-corrected chi connectivity index (χ1v) is 13.5. The third kappa shape index (κ3) is 7.27. The highest BCUT2D eigenvalue weighted by Crippen LogP contribution is 2.23. The molecule has 0 atom stereocenters. The van der Waals surface area contributed by atoms with E-state index in [-0.39, 0.29) is 24.6 Å². The lowest BCUT2D eigenvalue weighted by molar-refractivity contribution is -0.157. The van der Waals surface area contributed by atoms with Gasteiger partial charge in [0.1, 0.15) is 16.2 Å². The third-order valence-corrected chi connectivity index (χ3v) is 7.18. The number of nitrogens with zero attached hydrogens (tertiary/aromatic N) is 4. The van der Waals surface area contributed by atoms with Gasteiger partial charge in [0, 0.05) is 43.6 Å². The molecule has 4 aromatic rings. The Kier molecular flexibility index (Phi) is 8.23. The van der Waals surface area contributed by atoms with E-state index in [1.165, 1.54) is 22.8 Å². The molecular formula is C28H30N4O5S. The number of benzene rings is 2. The first-order valence-electron chi connectivity index (χ1n) is 12.0. The van der Waals surface area contributed by atoms with E-state index in [0.29, 0.717) is 11.3 Å². The molecule has 0 aliphatic heterocycles. The average Bonchev–Trinajstić information content (AvgIpc) is 3.42. The van der Waals surface area contributed by atoms with Crippen LogP contribution < -0.4 is 4.74 Å². The quantitative estimate of drug-likeness (QED) is 0.278. The van der Waals surface area contributed by atoms with Gasteiger partial charge in [0.15, 0.2) is 6.61 Å². The molecule has 9 nitrogen and oxygen atoms in total. The lowest BCUT2D eigenvalue weighted by Gasteiger charge is -2.23. The minimum Gasteiger partial charge on any atom is -0.482 e. The number of ether oxygens (including phenoxy) is 2. The van der Waals surface area contributed by atoms with Crippen molar-refractivity contribution in [2.24, 2.45) is 0 Å². The van der Waals surface area contributed by atoms with Crippen LogP contribution in [0, 0.1) is 0 Å². The molecule has 0 saturated carbocycles. The monoisotopic (exact) mass is 534 g/mol. The van der Waals surface area contributed by atoms with Gasteiger partial charge in [-0.2, -0.15) is 4.31 Å². The summed E-state index contributed by atoms with van der Waals surface area (Å²) in [5, 5.41) is 0. The molecule has 10 heteroatoms. The Labute approximate surface area is 222 Å². The highest BCUT2D eigenvalue weighted by molar-refractivity contribution is 7.89. The largest absolute Gasteiger partial charge is 0.482 e. The maximum atomic E-state index is 13.6. The zero-order valence-electron chi connectivity index (χ0n) is 21.5.